The SMILES string of the molecule is O=C(CN1C(=O)[C@H]2CC=CC[C@H]2C1=O)N1CCN(S(=O)(=O)c2ccccc2)CC1. The lowest BCUT2D eigenvalue weighted by atomic mass is 9.85. The fraction of sp³-hybridized carbons (Fsp3) is 0.450. The number of allylic oxidation sites excluding steroid dienone is 2. The fourth-order valence-corrected chi connectivity index (χ4v) is 5.62. The van der Waals surface area contributed by atoms with Crippen molar-refractivity contribution >= 4 is 27.7 Å². The van der Waals surface area contributed by atoms with Crippen LogP contribution in [0.4, 0.5) is 0 Å². The standard InChI is InChI=1S/C20H23N3O5S/c24-18(14-23-19(25)16-8-4-5-9-17(16)20(23)26)21-10-12-22(13-11-21)29(27,28)15-6-2-1-3-7-15/h1-7,16-17H,8-14H2/t16-,17+. The van der Waals surface area contributed by atoms with Crippen LogP contribution in [0, 0.1) is 11.8 Å². The van der Waals surface area contributed by atoms with Crippen LogP contribution in [0.2, 0.25) is 0 Å². The maximum atomic E-state index is 12.7. The number of carbonyl (C=O) groups excluding carboxylic acids is 3. The highest BCUT2D eigenvalue weighted by Crippen LogP contribution is 2.35. The van der Waals surface area contributed by atoms with Gasteiger partial charge in [-0.25, -0.2) is 8.42 Å². The Morgan fingerprint density at radius 2 is 1.45 bits per heavy atom. The van der Waals surface area contributed by atoms with Crippen LogP contribution < -0.4 is 0 Å². The molecule has 2 aliphatic heterocycles. The summed E-state index contributed by atoms with van der Waals surface area (Å²) < 4.78 is 26.7. The summed E-state index contributed by atoms with van der Waals surface area (Å²) >= 11 is 0. The molecule has 0 unspecified atom stereocenters. The highest BCUT2D eigenvalue weighted by Gasteiger charge is 2.48. The minimum absolute atomic E-state index is 0.181. The third kappa shape index (κ3) is 3.60. The predicted molar refractivity (Wildman–Crippen MR) is 104 cm³/mol. The Hall–Kier alpha value is -2.52. The van der Waals surface area contributed by atoms with Crippen molar-refractivity contribution in [2.75, 3.05) is 32.7 Å². The van der Waals surface area contributed by atoms with Gasteiger partial charge in [-0.3, -0.25) is 19.3 Å². The summed E-state index contributed by atoms with van der Waals surface area (Å²) in [4.78, 5) is 40.5. The number of sulfonamides is 1. The van der Waals surface area contributed by atoms with Gasteiger partial charge in [-0.2, -0.15) is 4.31 Å². The van der Waals surface area contributed by atoms with E-state index in [4.69, 9.17) is 0 Å². The normalized spacial score (nSPS) is 25.4. The Bertz CT molecular complexity index is 926. The van der Waals surface area contributed by atoms with Gasteiger partial charge in [0.15, 0.2) is 0 Å². The molecular formula is C20H23N3O5S. The number of rotatable bonds is 4. The highest BCUT2D eigenvalue weighted by molar-refractivity contribution is 7.89. The zero-order chi connectivity index (χ0) is 20.6. The van der Waals surface area contributed by atoms with Crippen molar-refractivity contribution in [1.82, 2.24) is 14.1 Å². The summed E-state index contributed by atoms with van der Waals surface area (Å²) in [6.45, 7) is 0.557. The van der Waals surface area contributed by atoms with Crippen molar-refractivity contribution in [3.8, 4) is 0 Å². The molecule has 2 heterocycles. The van der Waals surface area contributed by atoms with E-state index in [9.17, 15) is 22.8 Å². The number of benzene rings is 1. The maximum absolute atomic E-state index is 12.7. The zero-order valence-electron chi connectivity index (χ0n) is 15.9. The second kappa shape index (κ2) is 7.72. The van der Waals surface area contributed by atoms with Gasteiger partial charge in [0.1, 0.15) is 6.54 Å². The minimum atomic E-state index is -3.60. The first kappa shape index (κ1) is 19.8. The molecule has 4 rings (SSSR count). The summed E-state index contributed by atoms with van der Waals surface area (Å²) in [5, 5.41) is 0. The number of hydrogen-bond donors (Lipinski definition) is 0. The number of piperazine rings is 1. The molecule has 0 aromatic heterocycles. The van der Waals surface area contributed by atoms with Crippen LogP contribution in [0.5, 0.6) is 0 Å². The average Bonchev–Trinajstić information content (AvgIpc) is 2.99. The number of fused-ring (bicyclic) bond motifs is 1. The van der Waals surface area contributed by atoms with Gasteiger partial charge in [0.05, 0.1) is 16.7 Å². The molecule has 0 saturated carbocycles. The Morgan fingerprint density at radius 3 is 2.00 bits per heavy atom. The summed E-state index contributed by atoms with van der Waals surface area (Å²) in [7, 11) is -3.60. The van der Waals surface area contributed by atoms with E-state index < -0.39 is 10.0 Å². The second-order valence-corrected chi connectivity index (χ2v) is 9.45. The molecule has 8 nitrogen and oxygen atoms in total. The summed E-state index contributed by atoms with van der Waals surface area (Å²) in [6.07, 6.45) is 4.89. The first-order valence-electron chi connectivity index (χ1n) is 9.73. The number of carbonyl (C=O) groups is 3. The monoisotopic (exact) mass is 417 g/mol. The van der Waals surface area contributed by atoms with Gasteiger partial charge in [-0.1, -0.05) is 30.4 Å². The van der Waals surface area contributed by atoms with Gasteiger partial charge in [-0.05, 0) is 25.0 Å². The average molecular weight is 417 g/mol. The zero-order valence-corrected chi connectivity index (χ0v) is 16.8. The summed E-state index contributed by atoms with van der Waals surface area (Å²) in [5.41, 5.74) is 0. The van der Waals surface area contributed by atoms with Crippen molar-refractivity contribution in [3.05, 3.63) is 42.5 Å². The molecule has 1 aromatic carbocycles. The Balaban J connectivity index is 1.36. The van der Waals surface area contributed by atoms with E-state index in [1.807, 2.05) is 12.2 Å². The molecule has 3 aliphatic rings. The van der Waals surface area contributed by atoms with Crippen LogP contribution >= 0.6 is 0 Å². The van der Waals surface area contributed by atoms with Gasteiger partial charge < -0.3 is 4.90 Å². The third-order valence-corrected chi connectivity index (χ3v) is 7.78. The molecule has 154 valence electrons. The van der Waals surface area contributed by atoms with Gasteiger partial charge in [0, 0.05) is 26.2 Å². The van der Waals surface area contributed by atoms with E-state index in [1.165, 1.54) is 9.21 Å². The smallest absolute Gasteiger partial charge is 0.243 e. The van der Waals surface area contributed by atoms with Crippen molar-refractivity contribution in [1.29, 1.82) is 0 Å². The molecule has 2 atom stereocenters. The lowest BCUT2D eigenvalue weighted by Gasteiger charge is -2.34. The van der Waals surface area contributed by atoms with E-state index >= 15 is 0 Å². The van der Waals surface area contributed by atoms with Crippen LogP contribution in [0.25, 0.3) is 0 Å². The Labute approximate surface area is 169 Å². The molecule has 29 heavy (non-hydrogen) atoms. The van der Waals surface area contributed by atoms with E-state index in [-0.39, 0.29) is 67.2 Å². The second-order valence-electron chi connectivity index (χ2n) is 7.52. The number of imide groups is 1. The number of likely N-dealkylation sites (tertiary alicyclic amines) is 1. The van der Waals surface area contributed by atoms with Crippen LogP contribution in [0.15, 0.2) is 47.4 Å². The Morgan fingerprint density at radius 1 is 0.897 bits per heavy atom. The largest absolute Gasteiger partial charge is 0.338 e. The lowest BCUT2D eigenvalue weighted by Crippen LogP contribution is -2.53. The molecular weight excluding hydrogens is 394 g/mol. The summed E-state index contributed by atoms with van der Waals surface area (Å²) in [6, 6.07) is 8.19. The molecule has 2 saturated heterocycles. The van der Waals surface area contributed by atoms with Crippen LogP contribution in [0.1, 0.15) is 12.8 Å². The third-order valence-electron chi connectivity index (χ3n) is 5.86. The lowest BCUT2D eigenvalue weighted by molar-refractivity contribution is -0.147. The molecule has 1 aromatic rings. The number of amides is 3. The van der Waals surface area contributed by atoms with Crippen LogP contribution in [0.3, 0.4) is 0 Å². The maximum Gasteiger partial charge on any atom is 0.243 e. The molecule has 0 bridgehead atoms. The molecule has 0 radical (unpaired) electrons. The van der Waals surface area contributed by atoms with Crippen molar-refractivity contribution < 1.29 is 22.8 Å². The molecule has 1 aliphatic carbocycles. The number of hydrogen-bond acceptors (Lipinski definition) is 5. The minimum Gasteiger partial charge on any atom is -0.338 e. The van der Waals surface area contributed by atoms with Crippen LogP contribution in [-0.4, -0.2) is 73.0 Å². The molecule has 2 fully saturated rings. The van der Waals surface area contributed by atoms with Crippen molar-refractivity contribution in [2.24, 2.45) is 11.8 Å². The van der Waals surface area contributed by atoms with Gasteiger partial charge in [0.25, 0.3) is 0 Å². The van der Waals surface area contributed by atoms with E-state index in [0.29, 0.717) is 12.8 Å². The van der Waals surface area contributed by atoms with Gasteiger partial charge in [0.2, 0.25) is 27.7 Å². The van der Waals surface area contributed by atoms with Gasteiger partial charge in [-0.15, -0.1) is 0 Å². The summed E-state index contributed by atoms with van der Waals surface area (Å²) in [5.74, 6) is -1.58. The van der Waals surface area contributed by atoms with Crippen molar-refractivity contribution in [2.45, 2.75) is 17.7 Å². The first-order chi connectivity index (χ1) is 13.9. The molecule has 0 N–H and O–H groups in total. The molecule has 0 spiro atoms. The highest BCUT2D eigenvalue weighted by atomic mass is 32.2. The quantitative estimate of drug-likeness (QED) is 0.524. The van der Waals surface area contributed by atoms with Crippen LogP contribution in [-0.2, 0) is 24.4 Å². The van der Waals surface area contributed by atoms with Gasteiger partial charge >= 0.3 is 0 Å². The molecule has 3 amide bonds. The fourth-order valence-electron chi connectivity index (χ4n) is 4.18. The predicted octanol–water partition coefficient (Wildman–Crippen LogP) is 0.471. The van der Waals surface area contributed by atoms with Crippen molar-refractivity contribution in [3.63, 3.8) is 0 Å². The first-order valence-corrected chi connectivity index (χ1v) is 11.2. The van der Waals surface area contributed by atoms with E-state index in [1.54, 1.807) is 30.3 Å². The Kier molecular flexibility index (Phi) is 5.26. The van der Waals surface area contributed by atoms with E-state index in [2.05, 4.69) is 0 Å². The number of nitrogens with zero attached hydrogens (tertiary/aromatic N) is 3. The van der Waals surface area contributed by atoms with E-state index in [0.717, 1.165) is 4.90 Å². The molecule has 9 heteroatoms. The topological polar surface area (TPSA) is 95.1 Å².